The summed E-state index contributed by atoms with van der Waals surface area (Å²) in [5.74, 6) is 1.16. The van der Waals surface area contributed by atoms with E-state index in [1.807, 2.05) is 63.2 Å². The van der Waals surface area contributed by atoms with Crippen LogP contribution in [0.1, 0.15) is 43.5 Å². The zero-order valence-corrected chi connectivity index (χ0v) is 17.5. The molecule has 0 unspecified atom stereocenters. The van der Waals surface area contributed by atoms with Crippen LogP contribution in [0.25, 0.3) is 0 Å². The number of aldehydes is 1. The number of amides is 1. The van der Waals surface area contributed by atoms with Crippen LogP contribution >= 0.6 is 0 Å². The number of methoxy groups -OCH3 is 2. The van der Waals surface area contributed by atoms with E-state index < -0.39 is 23.8 Å². The highest BCUT2D eigenvalue weighted by Crippen LogP contribution is 2.43. The Hall–Kier alpha value is -3.02. The number of carbonyl (C=O) groups is 2. The van der Waals surface area contributed by atoms with Crippen molar-refractivity contribution in [2.75, 3.05) is 14.2 Å². The van der Waals surface area contributed by atoms with Crippen molar-refractivity contribution in [3.63, 3.8) is 0 Å². The lowest BCUT2D eigenvalue weighted by Crippen LogP contribution is -2.50. The second kappa shape index (κ2) is 8.15. The van der Waals surface area contributed by atoms with Crippen LogP contribution in [-0.2, 0) is 16.0 Å². The third kappa shape index (κ3) is 4.21. The lowest BCUT2D eigenvalue weighted by Gasteiger charge is -2.42. The van der Waals surface area contributed by atoms with E-state index in [1.165, 1.54) is 4.90 Å². The summed E-state index contributed by atoms with van der Waals surface area (Å²) >= 11 is 0. The molecule has 0 aromatic heterocycles. The Bertz CT molecular complexity index is 888. The molecule has 29 heavy (non-hydrogen) atoms. The van der Waals surface area contributed by atoms with Crippen LogP contribution in [0.5, 0.6) is 11.5 Å². The number of hydrogen-bond acceptors (Lipinski definition) is 5. The predicted molar refractivity (Wildman–Crippen MR) is 109 cm³/mol. The molecule has 0 spiro atoms. The molecule has 3 rings (SSSR count). The summed E-state index contributed by atoms with van der Waals surface area (Å²) in [5.41, 5.74) is 2.04. The van der Waals surface area contributed by atoms with E-state index in [2.05, 4.69) is 0 Å². The summed E-state index contributed by atoms with van der Waals surface area (Å²) in [6, 6.07) is 12.2. The summed E-state index contributed by atoms with van der Waals surface area (Å²) < 4.78 is 16.6. The molecular weight excluding hydrogens is 370 g/mol. The fourth-order valence-electron chi connectivity index (χ4n) is 3.68. The molecule has 0 fully saturated rings. The van der Waals surface area contributed by atoms with Gasteiger partial charge < -0.3 is 19.0 Å². The Morgan fingerprint density at radius 1 is 1.07 bits per heavy atom. The molecule has 1 aliphatic heterocycles. The van der Waals surface area contributed by atoms with Gasteiger partial charge in [0.15, 0.2) is 11.5 Å². The SMILES string of the molecule is COc1cc2c(cc1OC)[C@H](c1ccccc1)N(C(=O)OC(C)(C)C)[C@H](C=O)C2. The average Bonchev–Trinajstić information content (AvgIpc) is 2.70. The third-order valence-corrected chi connectivity index (χ3v) is 4.88. The maximum atomic E-state index is 13.1. The molecule has 154 valence electrons. The number of fused-ring (bicyclic) bond motifs is 1. The van der Waals surface area contributed by atoms with E-state index >= 15 is 0 Å². The normalized spacial score (nSPS) is 18.6. The Morgan fingerprint density at radius 3 is 2.24 bits per heavy atom. The first-order valence-corrected chi connectivity index (χ1v) is 9.55. The Labute approximate surface area is 171 Å². The lowest BCUT2D eigenvalue weighted by atomic mass is 9.85. The minimum Gasteiger partial charge on any atom is -0.493 e. The van der Waals surface area contributed by atoms with Crippen LogP contribution in [0.3, 0.4) is 0 Å². The number of hydrogen-bond donors (Lipinski definition) is 0. The molecule has 0 saturated heterocycles. The topological polar surface area (TPSA) is 65.1 Å². The van der Waals surface area contributed by atoms with Gasteiger partial charge in [-0.25, -0.2) is 4.79 Å². The molecular formula is C23H27NO5. The second-order valence-corrected chi connectivity index (χ2v) is 8.01. The van der Waals surface area contributed by atoms with Gasteiger partial charge in [-0.15, -0.1) is 0 Å². The van der Waals surface area contributed by atoms with Crippen molar-refractivity contribution in [1.29, 1.82) is 0 Å². The summed E-state index contributed by atoms with van der Waals surface area (Å²) in [4.78, 5) is 26.7. The Balaban J connectivity index is 2.20. The Morgan fingerprint density at radius 2 is 1.69 bits per heavy atom. The molecule has 0 saturated carbocycles. The highest BCUT2D eigenvalue weighted by Gasteiger charge is 2.41. The fourth-order valence-corrected chi connectivity index (χ4v) is 3.68. The zero-order valence-electron chi connectivity index (χ0n) is 17.5. The first kappa shape index (κ1) is 20.7. The summed E-state index contributed by atoms with van der Waals surface area (Å²) in [6.45, 7) is 5.43. The van der Waals surface area contributed by atoms with E-state index in [-0.39, 0.29) is 0 Å². The molecule has 6 nitrogen and oxygen atoms in total. The molecule has 2 atom stereocenters. The molecule has 0 bridgehead atoms. The average molecular weight is 397 g/mol. The molecule has 2 aromatic carbocycles. The van der Waals surface area contributed by atoms with Gasteiger partial charge >= 0.3 is 6.09 Å². The first-order chi connectivity index (χ1) is 13.8. The van der Waals surface area contributed by atoms with Gasteiger partial charge in [0, 0.05) is 6.42 Å². The van der Waals surface area contributed by atoms with Gasteiger partial charge in [0.1, 0.15) is 11.9 Å². The van der Waals surface area contributed by atoms with Gasteiger partial charge in [0.2, 0.25) is 0 Å². The van der Waals surface area contributed by atoms with Crippen LogP contribution < -0.4 is 9.47 Å². The maximum absolute atomic E-state index is 13.1. The van der Waals surface area contributed by atoms with Crippen molar-refractivity contribution in [3.05, 3.63) is 59.2 Å². The van der Waals surface area contributed by atoms with Crippen molar-refractivity contribution < 1.29 is 23.8 Å². The third-order valence-electron chi connectivity index (χ3n) is 4.88. The lowest BCUT2D eigenvalue weighted by molar-refractivity contribution is -0.113. The molecule has 1 heterocycles. The van der Waals surface area contributed by atoms with Gasteiger partial charge in [-0.3, -0.25) is 4.90 Å². The van der Waals surface area contributed by atoms with Gasteiger partial charge in [0.25, 0.3) is 0 Å². The van der Waals surface area contributed by atoms with E-state index in [1.54, 1.807) is 14.2 Å². The number of benzene rings is 2. The van der Waals surface area contributed by atoms with Crippen LogP contribution in [0.2, 0.25) is 0 Å². The summed E-state index contributed by atoms with van der Waals surface area (Å²) in [5, 5.41) is 0. The quantitative estimate of drug-likeness (QED) is 0.725. The van der Waals surface area contributed by atoms with Crippen LogP contribution in [0.4, 0.5) is 4.79 Å². The number of nitrogens with zero attached hydrogens (tertiary/aromatic N) is 1. The highest BCUT2D eigenvalue weighted by atomic mass is 16.6. The van der Waals surface area contributed by atoms with Gasteiger partial charge in [-0.1, -0.05) is 30.3 Å². The van der Waals surface area contributed by atoms with E-state index in [0.717, 1.165) is 23.0 Å². The zero-order chi connectivity index (χ0) is 21.2. The monoisotopic (exact) mass is 397 g/mol. The maximum Gasteiger partial charge on any atom is 0.411 e. The van der Waals surface area contributed by atoms with Gasteiger partial charge in [-0.05, 0) is 49.6 Å². The standard InChI is InChI=1S/C23H27NO5/c1-23(2,3)29-22(26)24-17(14-25)11-16-12-19(27-4)20(28-5)13-18(16)21(24)15-9-7-6-8-10-15/h6-10,12-14,17,21H,11H2,1-5H3/t17-,21-/m0/s1. The minimum absolute atomic E-state index is 0.377. The van der Waals surface area contributed by atoms with Crippen molar-refractivity contribution in [3.8, 4) is 11.5 Å². The number of rotatable bonds is 4. The molecule has 1 aliphatic rings. The van der Waals surface area contributed by atoms with E-state index in [0.29, 0.717) is 17.9 Å². The summed E-state index contributed by atoms with van der Waals surface area (Å²) in [6.07, 6.45) is 0.658. The molecule has 0 radical (unpaired) electrons. The fraction of sp³-hybridized carbons (Fsp3) is 0.391. The van der Waals surface area contributed by atoms with Crippen molar-refractivity contribution in [2.45, 2.75) is 44.9 Å². The summed E-state index contributed by atoms with van der Waals surface area (Å²) in [7, 11) is 3.15. The largest absolute Gasteiger partial charge is 0.493 e. The van der Waals surface area contributed by atoms with Crippen LogP contribution in [-0.4, -0.2) is 43.1 Å². The second-order valence-electron chi connectivity index (χ2n) is 8.01. The van der Waals surface area contributed by atoms with Gasteiger partial charge in [0.05, 0.1) is 26.3 Å². The molecule has 1 amide bonds. The Kier molecular flexibility index (Phi) is 5.82. The van der Waals surface area contributed by atoms with Crippen LogP contribution in [0.15, 0.2) is 42.5 Å². The van der Waals surface area contributed by atoms with Crippen molar-refractivity contribution in [1.82, 2.24) is 4.90 Å². The highest BCUT2D eigenvalue weighted by molar-refractivity contribution is 5.77. The van der Waals surface area contributed by atoms with Gasteiger partial charge in [-0.2, -0.15) is 0 Å². The smallest absolute Gasteiger partial charge is 0.411 e. The number of carbonyl (C=O) groups excluding carboxylic acids is 2. The minimum atomic E-state index is -0.677. The molecule has 2 aromatic rings. The number of ether oxygens (including phenoxy) is 3. The van der Waals surface area contributed by atoms with Crippen molar-refractivity contribution in [2.24, 2.45) is 0 Å². The predicted octanol–water partition coefficient (Wildman–Crippen LogP) is 4.15. The van der Waals surface area contributed by atoms with E-state index in [4.69, 9.17) is 14.2 Å². The van der Waals surface area contributed by atoms with E-state index in [9.17, 15) is 9.59 Å². The first-order valence-electron chi connectivity index (χ1n) is 9.55. The molecule has 6 heteroatoms. The van der Waals surface area contributed by atoms with Crippen LogP contribution in [0, 0.1) is 0 Å². The molecule has 0 aliphatic carbocycles. The molecule has 0 N–H and O–H groups in total. The van der Waals surface area contributed by atoms with Crippen molar-refractivity contribution >= 4 is 12.4 Å².